The minimum atomic E-state index is 0.259. The topological polar surface area (TPSA) is 92.1 Å². The average molecular weight is 538 g/mol. The lowest BCUT2D eigenvalue weighted by atomic mass is 10.0. The number of hydrogen-bond donors (Lipinski definition) is 1. The number of nitrogens with two attached hydrogens (primary N) is 1. The van der Waals surface area contributed by atoms with E-state index in [2.05, 4.69) is 26.0 Å². The molecule has 1 fully saturated rings. The lowest BCUT2D eigenvalue weighted by Gasteiger charge is -2.26. The number of unbranched alkanes of at least 4 members (excludes halogenated alkanes) is 4. The number of ether oxygens (including phenoxy) is 2. The highest BCUT2D eigenvalue weighted by atomic mass is 32.2. The summed E-state index contributed by atoms with van der Waals surface area (Å²) in [5.74, 6) is 1.02. The zero-order chi connectivity index (χ0) is 26.5. The summed E-state index contributed by atoms with van der Waals surface area (Å²) in [6, 6.07) is 12.3. The first kappa shape index (κ1) is 29.1. The van der Waals surface area contributed by atoms with Crippen molar-refractivity contribution < 1.29 is 9.47 Å². The van der Waals surface area contributed by atoms with E-state index in [-0.39, 0.29) is 11.1 Å². The van der Waals surface area contributed by atoms with Gasteiger partial charge in [-0.3, -0.25) is 0 Å². The van der Waals surface area contributed by atoms with Crippen LogP contribution in [0.5, 0.6) is 11.5 Å². The van der Waals surface area contributed by atoms with Crippen molar-refractivity contribution in [1.82, 2.24) is 0 Å². The lowest BCUT2D eigenvalue weighted by Crippen LogP contribution is -2.11. The molecule has 1 aliphatic rings. The standard InChI is InChI=1S/C30H39N3O2S2/c1-3-5-12-18-34-27-23(20-31)24(21-32)28(35-19-13-6-4-2)30(37-26-17-11-10-16-25(26)33)29(27)36-22-14-8-7-9-15-22/h10-11,16-17,22H,3-9,12-15,18-19,33H2,1-2H3. The molecule has 0 aliphatic heterocycles. The monoisotopic (exact) mass is 537 g/mol. The number of para-hydroxylation sites is 1. The van der Waals surface area contributed by atoms with Crippen molar-refractivity contribution in [3.05, 3.63) is 35.4 Å². The number of benzene rings is 2. The van der Waals surface area contributed by atoms with Crippen molar-refractivity contribution in [3.8, 4) is 23.6 Å². The number of nitriles is 2. The second-order valence-electron chi connectivity index (χ2n) is 9.42. The molecule has 0 aromatic heterocycles. The van der Waals surface area contributed by atoms with Crippen LogP contribution in [0.3, 0.4) is 0 Å². The van der Waals surface area contributed by atoms with Gasteiger partial charge in [-0.1, -0.05) is 82.7 Å². The summed E-state index contributed by atoms with van der Waals surface area (Å²) in [5, 5.41) is 20.9. The van der Waals surface area contributed by atoms with E-state index >= 15 is 0 Å². The third-order valence-corrected chi connectivity index (χ3v) is 9.25. The van der Waals surface area contributed by atoms with Crippen LogP contribution < -0.4 is 15.2 Å². The van der Waals surface area contributed by atoms with Crippen LogP contribution in [0, 0.1) is 22.7 Å². The van der Waals surface area contributed by atoms with E-state index in [0.29, 0.717) is 35.7 Å². The zero-order valence-electron chi connectivity index (χ0n) is 22.2. The normalized spacial score (nSPS) is 13.6. The van der Waals surface area contributed by atoms with Crippen LogP contribution in [0.15, 0.2) is 39.0 Å². The number of nitrogen functional groups attached to an aromatic ring is 1. The van der Waals surface area contributed by atoms with Gasteiger partial charge in [-0.2, -0.15) is 10.5 Å². The Morgan fingerprint density at radius 1 is 0.838 bits per heavy atom. The van der Waals surface area contributed by atoms with E-state index in [1.807, 2.05) is 24.3 Å². The highest BCUT2D eigenvalue weighted by Gasteiger charge is 2.30. The van der Waals surface area contributed by atoms with E-state index in [1.165, 1.54) is 31.0 Å². The predicted octanol–water partition coefficient (Wildman–Crippen LogP) is 8.73. The van der Waals surface area contributed by atoms with E-state index < -0.39 is 0 Å². The molecule has 3 rings (SSSR count). The maximum absolute atomic E-state index is 10.2. The number of nitrogens with zero attached hydrogens (tertiary/aromatic N) is 2. The molecule has 2 aromatic rings. The molecule has 198 valence electrons. The van der Waals surface area contributed by atoms with Gasteiger partial charge in [0.25, 0.3) is 0 Å². The molecule has 0 bridgehead atoms. The van der Waals surface area contributed by atoms with E-state index in [9.17, 15) is 10.5 Å². The fourth-order valence-corrected chi connectivity index (χ4v) is 7.07. The second kappa shape index (κ2) is 15.7. The fraction of sp³-hybridized carbons (Fsp3) is 0.533. The van der Waals surface area contributed by atoms with Gasteiger partial charge in [0.1, 0.15) is 23.3 Å². The van der Waals surface area contributed by atoms with Crippen molar-refractivity contribution in [2.45, 2.75) is 104 Å². The average Bonchev–Trinajstić information content (AvgIpc) is 2.92. The van der Waals surface area contributed by atoms with Gasteiger partial charge in [0.2, 0.25) is 0 Å². The Morgan fingerprint density at radius 3 is 1.95 bits per heavy atom. The number of anilines is 1. The molecule has 2 aromatic carbocycles. The minimum absolute atomic E-state index is 0.259. The van der Waals surface area contributed by atoms with Crippen molar-refractivity contribution in [2.75, 3.05) is 18.9 Å². The molecule has 0 saturated heterocycles. The maximum Gasteiger partial charge on any atom is 0.153 e. The maximum atomic E-state index is 10.2. The molecular weight excluding hydrogens is 498 g/mol. The third-order valence-electron chi connectivity index (χ3n) is 6.50. The molecule has 2 N–H and O–H groups in total. The smallest absolute Gasteiger partial charge is 0.153 e. The molecule has 0 amide bonds. The minimum Gasteiger partial charge on any atom is -0.491 e. The Hall–Kier alpha value is -2.48. The van der Waals surface area contributed by atoms with Gasteiger partial charge in [-0.05, 0) is 37.8 Å². The van der Waals surface area contributed by atoms with Crippen LogP contribution in [0.1, 0.15) is 95.6 Å². The molecule has 0 unspecified atom stereocenters. The van der Waals surface area contributed by atoms with Gasteiger partial charge >= 0.3 is 0 Å². The third kappa shape index (κ3) is 8.00. The van der Waals surface area contributed by atoms with Gasteiger partial charge in [0.15, 0.2) is 11.5 Å². The highest BCUT2D eigenvalue weighted by molar-refractivity contribution is 8.02. The van der Waals surface area contributed by atoms with Gasteiger partial charge in [-0.15, -0.1) is 11.8 Å². The Balaban J connectivity index is 2.19. The van der Waals surface area contributed by atoms with Crippen LogP contribution in [-0.4, -0.2) is 18.5 Å². The Kier molecular flexibility index (Phi) is 12.3. The molecule has 37 heavy (non-hydrogen) atoms. The van der Waals surface area contributed by atoms with Crippen LogP contribution in [-0.2, 0) is 0 Å². The van der Waals surface area contributed by atoms with Crippen molar-refractivity contribution >= 4 is 29.2 Å². The van der Waals surface area contributed by atoms with Crippen molar-refractivity contribution in [2.24, 2.45) is 0 Å². The second-order valence-corrected chi connectivity index (χ2v) is 11.8. The van der Waals surface area contributed by atoms with Crippen LogP contribution in [0.25, 0.3) is 0 Å². The molecular formula is C30H39N3O2S2. The summed E-state index contributed by atoms with van der Waals surface area (Å²) in [5.41, 5.74) is 7.57. The van der Waals surface area contributed by atoms with Crippen molar-refractivity contribution in [1.29, 1.82) is 10.5 Å². The molecule has 0 radical (unpaired) electrons. The Labute approximate surface area is 231 Å². The molecule has 0 spiro atoms. The van der Waals surface area contributed by atoms with Gasteiger partial charge in [0, 0.05) is 15.8 Å². The zero-order valence-corrected chi connectivity index (χ0v) is 23.8. The molecule has 7 heteroatoms. The SMILES string of the molecule is CCCCCOc1c(C#N)c(C#N)c(OCCCCC)c(SC2CCCCC2)c1Sc1ccccc1N. The van der Waals surface area contributed by atoms with Crippen molar-refractivity contribution in [3.63, 3.8) is 0 Å². The highest BCUT2D eigenvalue weighted by Crippen LogP contribution is 2.53. The first-order chi connectivity index (χ1) is 18.1. The van der Waals surface area contributed by atoms with E-state index in [4.69, 9.17) is 15.2 Å². The lowest BCUT2D eigenvalue weighted by molar-refractivity contribution is 0.283. The summed E-state index contributed by atoms with van der Waals surface area (Å²) >= 11 is 3.30. The Bertz CT molecular complexity index is 1100. The molecule has 1 saturated carbocycles. The first-order valence-corrected chi connectivity index (χ1v) is 15.3. The first-order valence-electron chi connectivity index (χ1n) is 13.6. The van der Waals surface area contributed by atoms with E-state index in [0.717, 1.165) is 66.1 Å². The summed E-state index contributed by atoms with van der Waals surface area (Å²) in [6.07, 6.45) is 12.0. The van der Waals surface area contributed by atoms with Gasteiger partial charge < -0.3 is 15.2 Å². The van der Waals surface area contributed by atoms with Gasteiger partial charge in [-0.25, -0.2) is 0 Å². The summed E-state index contributed by atoms with van der Waals surface area (Å²) in [6.45, 7) is 5.31. The van der Waals surface area contributed by atoms with Crippen LogP contribution in [0.2, 0.25) is 0 Å². The molecule has 5 nitrogen and oxygen atoms in total. The largest absolute Gasteiger partial charge is 0.491 e. The number of hydrogen-bond acceptors (Lipinski definition) is 7. The summed E-state index contributed by atoms with van der Waals surface area (Å²) < 4.78 is 12.7. The van der Waals surface area contributed by atoms with E-state index in [1.54, 1.807) is 11.8 Å². The van der Waals surface area contributed by atoms with Crippen LogP contribution >= 0.6 is 23.5 Å². The summed E-state index contributed by atoms with van der Waals surface area (Å²) in [4.78, 5) is 2.65. The number of rotatable bonds is 14. The van der Waals surface area contributed by atoms with Crippen LogP contribution in [0.4, 0.5) is 5.69 Å². The molecule has 0 heterocycles. The predicted molar refractivity (Wildman–Crippen MR) is 154 cm³/mol. The number of thioether (sulfide) groups is 1. The summed E-state index contributed by atoms with van der Waals surface area (Å²) in [7, 11) is 0. The van der Waals surface area contributed by atoms with Gasteiger partial charge in [0.05, 0.1) is 23.0 Å². The fourth-order valence-electron chi connectivity index (χ4n) is 4.43. The molecule has 0 atom stereocenters. The Morgan fingerprint density at radius 2 is 1.41 bits per heavy atom. The molecule has 1 aliphatic carbocycles. The quantitative estimate of drug-likeness (QED) is 0.190.